The monoisotopic (exact) mass is 388 g/mol. The van der Waals surface area contributed by atoms with Crippen molar-refractivity contribution >= 4 is 16.9 Å². The van der Waals surface area contributed by atoms with Crippen molar-refractivity contribution in [2.45, 2.75) is 31.6 Å². The number of benzene rings is 2. The van der Waals surface area contributed by atoms with Gasteiger partial charge in [-0.3, -0.25) is 9.59 Å². The third-order valence-corrected chi connectivity index (χ3v) is 5.97. The van der Waals surface area contributed by atoms with E-state index in [9.17, 15) is 14.7 Å². The molecule has 2 atom stereocenters. The maximum absolute atomic E-state index is 13.2. The third kappa shape index (κ3) is 2.94. The highest BCUT2D eigenvalue weighted by Crippen LogP contribution is 2.48. The minimum atomic E-state index is -0.320. The molecule has 0 saturated carbocycles. The van der Waals surface area contributed by atoms with Gasteiger partial charge in [-0.15, -0.1) is 0 Å². The van der Waals surface area contributed by atoms with Gasteiger partial charge < -0.3 is 14.3 Å². The molecule has 0 spiro atoms. The molecule has 0 amide bonds. The predicted octanol–water partition coefficient (Wildman–Crippen LogP) is 4.91. The van der Waals surface area contributed by atoms with Crippen LogP contribution in [-0.4, -0.2) is 11.1 Å². The van der Waals surface area contributed by atoms with Crippen LogP contribution in [0.3, 0.4) is 0 Å². The second kappa shape index (κ2) is 6.92. The molecule has 3 aromatic rings. The summed E-state index contributed by atoms with van der Waals surface area (Å²) < 4.78 is 11.4. The smallest absolute Gasteiger partial charge is 0.311 e. The van der Waals surface area contributed by atoms with E-state index in [1.54, 1.807) is 0 Å². The standard InChI is InChI=1S/C24H20O5/c25-18-12-19-21(16(11-20(26)29-19)14-7-3-1-4-8-14)24-22(18)23(27)17(13-28-24)15-9-5-2-6-10-15/h1-3,5-6,9-10,12-14,16,25H,4,7-8,11H2. The normalized spacial score (nSPS) is 21.0. The lowest BCUT2D eigenvalue weighted by atomic mass is 9.75. The number of phenolic OH excluding ortho intramolecular Hbond substituents is 1. The Labute approximate surface area is 167 Å². The van der Waals surface area contributed by atoms with E-state index < -0.39 is 0 Å². The third-order valence-electron chi connectivity index (χ3n) is 5.97. The minimum Gasteiger partial charge on any atom is -0.507 e. The summed E-state index contributed by atoms with van der Waals surface area (Å²) in [4.78, 5) is 25.5. The molecule has 1 aliphatic carbocycles. The van der Waals surface area contributed by atoms with E-state index in [2.05, 4.69) is 12.2 Å². The predicted molar refractivity (Wildman–Crippen MR) is 109 cm³/mol. The van der Waals surface area contributed by atoms with Crippen LogP contribution in [0.1, 0.15) is 37.2 Å². The number of carbonyl (C=O) groups excluding carboxylic acids is 1. The number of carbonyl (C=O) groups is 1. The molecule has 2 unspecified atom stereocenters. The molecule has 5 nitrogen and oxygen atoms in total. The van der Waals surface area contributed by atoms with Crippen LogP contribution in [0.25, 0.3) is 22.1 Å². The number of hydrogen-bond donors (Lipinski definition) is 1. The zero-order chi connectivity index (χ0) is 20.0. The van der Waals surface area contributed by atoms with E-state index in [4.69, 9.17) is 9.15 Å². The van der Waals surface area contributed by atoms with Crippen molar-refractivity contribution in [3.63, 3.8) is 0 Å². The van der Waals surface area contributed by atoms with Crippen LogP contribution < -0.4 is 10.2 Å². The second-order valence-electron chi connectivity index (χ2n) is 7.69. The lowest BCUT2D eigenvalue weighted by molar-refractivity contribution is -0.136. The Hall–Kier alpha value is -3.34. The molecule has 0 saturated heterocycles. The fourth-order valence-corrected chi connectivity index (χ4v) is 4.57. The van der Waals surface area contributed by atoms with Gasteiger partial charge in [0.15, 0.2) is 0 Å². The summed E-state index contributed by atoms with van der Waals surface area (Å²) in [5.74, 6) is -0.105. The van der Waals surface area contributed by atoms with Crippen molar-refractivity contribution in [2.75, 3.05) is 0 Å². The number of allylic oxidation sites excluding steroid dienone is 2. The minimum absolute atomic E-state index is 0.106. The Kier molecular flexibility index (Phi) is 4.23. The molecule has 0 bridgehead atoms. The molecule has 0 radical (unpaired) electrons. The fraction of sp³-hybridized carbons (Fsp3) is 0.250. The zero-order valence-electron chi connectivity index (χ0n) is 15.8. The number of ether oxygens (including phenoxy) is 1. The summed E-state index contributed by atoms with van der Waals surface area (Å²) in [5.41, 5.74) is 1.85. The molecule has 5 heteroatoms. The second-order valence-corrected chi connectivity index (χ2v) is 7.69. The largest absolute Gasteiger partial charge is 0.507 e. The van der Waals surface area contributed by atoms with Crippen LogP contribution >= 0.6 is 0 Å². The average Bonchev–Trinajstić information content (AvgIpc) is 2.74. The Balaban J connectivity index is 1.75. The molecule has 2 heterocycles. The summed E-state index contributed by atoms with van der Waals surface area (Å²) in [6.45, 7) is 0. The lowest BCUT2D eigenvalue weighted by Gasteiger charge is -2.32. The highest BCUT2D eigenvalue weighted by Gasteiger charge is 2.36. The van der Waals surface area contributed by atoms with E-state index in [1.807, 2.05) is 30.3 Å². The van der Waals surface area contributed by atoms with Gasteiger partial charge in [-0.1, -0.05) is 42.5 Å². The van der Waals surface area contributed by atoms with E-state index >= 15 is 0 Å². The number of phenols is 1. The van der Waals surface area contributed by atoms with Crippen LogP contribution in [0.15, 0.2) is 64.0 Å². The first kappa shape index (κ1) is 17.7. The van der Waals surface area contributed by atoms with Gasteiger partial charge in [0.05, 0.1) is 12.0 Å². The molecular formula is C24H20O5. The first-order valence-electron chi connectivity index (χ1n) is 9.86. The molecule has 1 aromatic heterocycles. The van der Waals surface area contributed by atoms with Gasteiger partial charge in [-0.2, -0.15) is 0 Å². The molecule has 1 N–H and O–H groups in total. The molecule has 29 heavy (non-hydrogen) atoms. The van der Waals surface area contributed by atoms with Crippen molar-refractivity contribution in [2.24, 2.45) is 5.92 Å². The molecule has 2 aromatic carbocycles. The fourth-order valence-electron chi connectivity index (χ4n) is 4.57. The number of aromatic hydroxyl groups is 1. The van der Waals surface area contributed by atoms with Crippen LogP contribution in [0.4, 0.5) is 0 Å². The first-order valence-corrected chi connectivity index (χ1v) is 9.86. The lowest BCUT2D eigenvalue weighted by Crippen LogP contribution is -2.26. The topological polar surface area (TPSA) is 76.7 Å². The van der Waals surface area contributed by atoms with Crippen LogP contribution in [0.5, 0.6) is 11.5 Å². The van der Waals surface area contributed by atoms with Gasteiger partial charge in [-0.25, -0.2) is 0 Å². The molecule has 0 fully saturated rings. The van der Waals surface area contributed by atoms with Gasteiger partial charge in [0.25, 0.3) is 0 Å². The Morgan fingerprint density at radius 3 is 2.66 bits per heavy atom. The summed E-state index contributed by atoms with van der Waals surface area (Å²) in [6.07, 6.45) is 8.77. The molecular weight excluding hydrogens is 368 g/mol. The van der Waals surface area contributed by atoms with Gasteiger partial charge in [0.1, 0.15) is 28.7 Å². The highest BCUT2D eigenvalue weighted by molar-refractivity contribution is 5.93. The highest BCUT2D eigenvalue weighted by atomic mass is 16.5. The quantitative estimate of drug-likeness (QED) is 0.383. The van der Waals surface area contributed by atoms with Crippen molar-refractivity contribution in [1.82, 2.24) is 0 Å². The number of fused-ring (bicyclic) bond motifs is 3. The number of hydrogen-bond acceptors (Lipinski definition) is 5. The van der Waals surface area contributed by atoms with Crippen molar-refractivity contribution in [1.29, 1.82) is 0 Å². The Bertz CT molecular complexity index is 1190. The van der Waals surface area contributed by atoms with Crippen molar-refractivity contribution in [3.8, 4) is 22.6 Å². The van der Waals surface area contributed by atoms with E-state index in [0.29, 0.717) is 16.9 Å². The summed E-state index contributed by atoms with van der Waals surface area (Å²) in [5, 5.41) is 10.7. The van der Waals surface area contributed by atoms with E-state index in [0.717, 1.165) is 30.4 Å². The number of esters is 1. The molecule has 2 aliphatic rings. The summed E-state index contributed by atoms with van der Waals surface area (Å²) in [7, 11) is 0. The van der Waals surface area contributed by atoms with Gasteiger partial charge in [0, 0.05) is 17.5 Å². The van der Waals surface area contributed by atoms with Crippen LogP contribution in [-0.2, 0) is 4.79 Å². The maximum atomic E-state index is 13.2. The van der Waals surface area contributed by atoms with Gasteiger partial charge >= 0.3 is 5.97 Å². The zero-order valence-corrected chi connectivity index (χ0v) is 15.8. The van der Waals surface area contributed by atoms with E-state index in [-0.39, 0.29) is 40.8 Å². The maximum Gasteiger partial charge on any atom is 0.311 e. The van der Waals surface area contributed by atoms with E-state index in [1.165, 1.54) is 12.3 Å². The Morgan fingerprint density at radius 1 is 1.07 bits per heavy atom. The van der Waals surface area contributed by atoms with Gasteiger partial charge in [0.2, 0.25) is 5.43 Å². The first-order chi connectivity index (χ1) is 14.1. The average molecular weight is 388 g/mol. The number of rotatable bonds is 2. The Morgan fingerprint density at radius 2 is 1.90 bits per heavy atom. The molecule has 1 aliphatic heterocycles. The van der Waals surface area contributed by atoms with Gasteiger partial charge in [-0.05, 0) is 30.7 Å². The van der Waals surface area contributed by atoms with Crippen LogP contribution in [0.2, 0.25) is 0 Å². The molecule has 5 rings (SSSR count). The van der Waals surface area contributed by atoms with Crippen LogP contribution in [0, 0.1) is 5.92 Å². The SMILES string of the molecule is O=C1CC(C2CC=CCC2)c2c(cc(O)c3c(=O)c(-c4ccccc4)coc23)O1. The summed E-state index contributed by atoms with van der Waals surface area (Å²) in [6, 6.07) is 10.6. The molecule has 146 valence electrons. The summed E-state index contributed by atoms with van der Waals surface area (Å²) >= 11 is 0. The van der Waals surface area contributed by atoms with Crippen molar-refractivity contribution in [3.05, 3.63) is 70.6 Å². The van der Waals surface area contributed by atoms with Crippen molar-refractivity contribution < 1.29 is 19.1 Å².